The molecule has 0 saturated heterocycles. The Labute approximate surface area is 251 Å². The van der Waals surface area contributed by atoms with Gasteiger partial charge in [0.2, 0.25) is 17.7 Å². The molecule has 1 heterocycles. The highest BCUT2D eigenvalue weighted by molar-refractivity contribution is 5.97. The van der Waals surface area contributed by atoms with Gasteiger partial charge in [-0.2, -0.15) is 0 Å². The van der Waals surface area contributed by atoms with Crippen molar-refractivity contribution in [2.75, 3.05) is 6.61 Å². The zero-order valence-corrected chi connectivity index (χ0v) is 24.2. The Morgan fingerprint density at radius 3 is 2.12 bits per heavy atom. The van der Waals surface area contributed by atoms with Gasteiger partial charge in [0.25, 0.3) is 0 Å². The van der Waals surface area contributed by atoms with Crippen LogP contribution in [-0.2, 0) is 35.5 Å². The van der Waals surface area contributed by atoms with E-state index < -0.39 is 23.8 Å². The summed E-state index contributed by atoms with van der Waals surface area (Å²) in [5.74, 6) is -1.55. The minimum absolute atomic E-state index is 0.200. The molecule has 4 aromatic rings. The number of carbonyl (C=O) groups is 3. The van der Waals surface area contributed by atoms with Crippen LogP contribution in [0.1, 0.15) is 51.0 Å². The van der Waals surface area contributed by atoms with Gasteiger partial charge in [-0.05, 0) is 59.4 Å². The third-order valence-electron chi connectivity index (χ3n) is 7.12. The topological polar surface area (TPSA) is 149 Å². The van der Waals surface area contributed by atoms with Crippen molar-refractivity contribution >= 4 is 17.7 Å². The molecule has 43 heavy (non-hydrogen) atoms. The SMILES string of the molecule is CCOc1ccc(C[C@@H](C(=O)N[C@@H](Cc2ccccc2)C(=O)NCc2ccc(CN)cc2)c2cnccc2C(N)=O)cc1. The summed E-state index contributed by atoms with van der Waals surface area (Å²) in [6, 6.07) is 25.1. The van der Waals surface area contributed by atoms with Gasteiger partial charge >= 0.3 is 0 Å². The zero-order chi connectivity index (χ0) is 30.6. The number of hydrogen-bond donors (Lipinski definition) is 4. The van der Waals surface area contributed by atoms with Gasteiger partial charge in [0.1, 0.15) is 11.8 Å². The molecule has 4 rings (SSSR count). The average molecular weight is 580 g/mol. The van der Waals surface area contributed by atoms with Crippen LogP contribution in [0.5, 0.6) is 5.75 Å². The van der Waals surface area contributed by atoms with E-state index in [2.05, 4.69) is 15.6 Å². The van der Waals surface area contributed by atoms with Crippen molar-refractivity contribution in [1.82, 2.24) is 15.6 Å². The third-order valence-corrected chi connectivity index (χ3v) is 7.12. The summed E-state index contributed by atoms with van der Waals surface area (Å²) in [6.07, 6.45) is 3.46. The van der Waals surface area contributed by atoms with Gasteiger partial charge in [0.05, 0.1) is 12.5 Å². The Balaban J connectivity index is 1.60. The molecule has 0 bridgehead atoms. The molecular weight excluding hydrogens is 542 g/mol. The molecule has 1 aromatic heterocycles. The summed E-state index contributed by atoms with van der Waals surface area (Å²) in [7, 11) is 0. The summed E-state index contributed by atoms with van der Waals surface area (Å²) in [4.78, 5) is 44.1. The van der Waals surface area contributed by atoms with E-state index in [4.69, 9.17) is 16.2 Å². The normalized spacial score (nSPS) is 12.1. The summed E-state index contributed by atoms with van der Waals surface area (Å²) in [5, 5.41) is 5.92. The van der Waals surface area contributed by atoms with Crippen LogP contribution >= 0.6 is 0 Å². The molecule has 0 spiro atoms. The molecule has 9 heteroatoms. The van der Waals surface area contributed by atoms with E-state index in [-0.39, 0.29) is 30.9 Å². The fraction of sp³-hybridized carbons (Fsp3) is 0.235. The second kappa shape index (κ2) is 15.3. The summed E-state index contributed by atoms with van der Waals surface area (Å²) in [6.45, 7) is 3.16. The van der Waals surface area contributed by atoms with E-state index in [1.165, 1.54) is 18.5 Å². The molecule has 6 N–H and O–H groups in total. The van der Waals surface area contributed by atoms with Crippen LogP contribution in [0.2, 0.25) is 0 Å². The van der Waals surface area contributed by atoms with Crippen LogP contribution in [0.15, 0.2) is 97.3 Å². The summed E-state index contributed by atoms with van der Waals surface area (Å²) >= 11 is 0. The maximum Gasteiger partial charge on any atom is 0.249 e. The number of hydrogen-bond acceptors (Lipinski definition) is 6. The van der Waals surface area contributed by atoms with E-state index in [0.717, 1.165) is 22.3 Å². The van der Waals surface area contributed by atoms with E-state index in [9.17, 15) is 14.4 Å². The molecule has 222 valence electrons. The highest BCUT2D eigenvalue weighted by Gasteiger charge is 2.30. The average Bonchev–Trinajstić information content (AvgIpc) is 3.03. The summed E-state index contributed by atoms with van der Waals surface area (Å²) in [5.41, 5.74) is 15.6. The number of amides is 3. The highest BCUT2D eigenvalue weighted by atomic mass is 16.5. The smallest absolute Gasteiger partial charge is 0.249 e. The Morgan fingerprint density at radius 1 is 0.814 bits per heavy atom. The van der Waals surface area contributed by atoms with Crippen molar-refractivity contribution in [3.8, 4) is 5.75 Å². The predicted molar refractivity (Wildman–Crippen MR) is 165 cm³/mol. The molecule has 3 aromatic carbocycles. The van der Waals surface area contributed by atoms with Gasteiger partial charge < -0.3 is 26.8 Å². The number of nitrogens with zero attached hydrogens (tertiary/aromatic N) is 1. The van der Waals surface area contributed by atoms with Crippen LogP contribution < -0.4 is 26.8 Å². The Morgan fingerprint density at radius 2 is 1.47 bits per heavy atom. The van der Waals surface area contributed by atoms with Crippen LogP contribution in [0.3, 0.4) is 0 Å². The van der Waals surface area contributed by atoms with Crippen LogP contribution in [-0.4, -0.2) is 35.4 Å². The first kappa shape index (κ1) is 30.9. The van der Waals surface area contributed by atoms with Crippen LogP contribution in [0.4, 0.5) is 0 Å². The number of rotatable bonds is 14. The quantitative estimate of drug-likeness (QED) is 0.180. The predicted octanol–water partition coefficient (Wildman–Crippen LogP) is 3.41. The molecule has 0 aliphatic rings. The fourth-order valence-electron chi connectivity index (χ4n) is 4.81. The lowest BCUT2D eigenvalue weighted by Crippen LogP contribution is -2.49. The number of carbonyl (C=O) groups excluding carboxylic acids is 3. The minimum atomic E-state index is -0.880. The largest absolute Gasteiger partial charge is 0.494 e. The molecule has 2 atom stereocenters. The first-order valence-electron chi connectivity index (χ1n) is 14.2. The summed E-state index contributed by atoms with van der Waals surface area (Å²) < 4.78 is 5.55. The molecule has 0 aliphatic carbocycles. The second-order valence-corrected chi connectivity index (χ2v) is 10.2. The number of ether oxygens (including phenoxy) is 1. The van der Waals surface area contributed by atoms with Crippen molar-refractivity contribution in [2.45, 2.75) is 44.8 Å². The number of nitrogens with one attached hydrogen (secondary N) is 2. The van der Waals surface area contributed by atoms with Crippen molar-refractivity contribution in [2.24, 2.45) is 11.5 Å². The van der Waals surface area contributed by atoms with E-state index in [0.29, 0.717) is 24.5 Å². The van der Waals surface area contributed by atoms with Crippen LogP contribution in [0, 0.1) is 0 Å². The van der Waals surface area contributed by atoms with Gasteiger partial charge in [-0.1, -0.05) is 66.7 Å². The van der Waals surface area contributed by atoms with Crippen molar-refractivity contribution in [1.29, 1.82) is 0 Å². The molecule has 9 nitrogen and oxygen atoms in total. The first-order chi connectivity index (χ1) is 20.9. The standard InChI is InChI=1S/C34H37N5O4/c1-2-43-27-14-12-24(13-15-27)18-29(30-22-37-17-16-28(30)32(36)40)33(41)39-31(19-23-6-4-3-5-7-23)34(42)38-21-26-10-8-25(20-35)9-11-26/h3-17,22,29,31H,2,18-21,35H2,1H3,(H2,36,40)(H,38,42)(H,39,41)/t29-,31+/m1/s1. The Bertz CT molecular complexity index is 1510. The number of benzene rings is 3. The maximum atomic E-state index is 14.0. The van der Waals surface area contributed by atoms with Crippen molar-refractivity contribution in [3.63, 3.8) is 0 Å². The number of nitrogens with two attached hydrogens (primary N) is 2. The lowest BCUT2D eigenvalue weighted by Gasteiger charge is -2.24. The molecule has 0 aliphatic heterocycles. The molecular formula is C34H37N5O4. The highest BCUT2D eigenvalue weighted by Crippen LogP contribution is 2.26. The Hall–Kier alpha value is -5.02. The molecule has 0 radical (unpaired) electrons. The van der Waals surface area contributed by atoms with E-state index >= 15 is 0 Å². The molecule has 0 saturated carbocycles. The first-order valence-corrected chi connectivity index (χ1v) is 14.2. The zero-order valence-electron chi connectivity index (χ0n) is 24.2. The number of aromatic nitrogens is 1. The lowest BCUT2D eigenvalue weighted by atomic mass is 9.88. The number of primary amides is 1. The fourth-order valence-corrected chi connectivity index (χ4v) is 4.81. The maximum absolute atomic E-state index is 14.0. The van der Waals surface area contributed by atoms with Crippen LogP contribution in [0.25, 0.3) is 0 Å². The molecule has 0 fully saturated rings. The van der Waals surface area contributed by atoms with Gasteiger partial charge in [-0.3, -0.25) is 19.4 Å². The number of pyridine rings is 1. The van der Waals surface area contributed by atoms with Gasteiger partial charge in [-0.15, -0.1) is 0 Å². The van der Waals surface area contributed by atoms with Gasteiger partial charge in [0, 0.05) is 37.5 Å². The molecule has 0 unspecified atom stereocenters. The monoisotopic (exact) mass is 579 g/mol. The third kappa shape index (κ3) is 8.73. The van der Waals surface area contributed by atoms with Crippen molar-refractivity contribution < 1.29 is 19.1 Å². The van der Waals surface area contributed by atoms with E-state index in [1.54, 1.807) is 0 Å². The minimum Gasteiger partial charge on any atom is -0.494 e. The van der Waals surface area contributed by atoms with Gasteiger partial charge in [-0.25, -0.2) is 0 Å². The lowest BCUT2D eigenvalue weighted by molar-refractivity contribution is -0.129. The molecule has 3 amide bonds. The second-order valence-electron chi connectivity index (χ2n) is 10.2. The van der Waals surface area contributed by atoms with Crippen molar-refractivity contribution in [3.05, 3.63) is 131 Å². The van der Waals surface area contributed by atoms with E-state index in [1.807, 2.05) is 85.8 Å². The van der Waals surface area contributed by atoms with Gasteiger partial charge in [0.15, 0.2) is 0 Å². The Kier molecular flexibility index (Phi) is 11.0.